The van der Waals surface area contributed by atoms with Gasteiger partial charge in [-0.15, -0.1) is 0 Å². The molecule has 0 atom stereocenters. The summed E-state index contributed by atoms with van der Waals surface area (Å²) in [5, 5.41) is 3.49. The summed E-state index contributed by atoms with van der Waals surface area (Å²) in [6.07, 6.45) is 5.86. The van der Waals surface area contributed by atoms with E-state index in [1.54, 1.807) is 24.5 Å². The van der Waals surface area contributed by atoms with Gasteiger partial charge in [-0.2, -0.15) is 0 Å². The fourth-order valence-electron chi connectivity index (χ4n) is 1.86. The van der Waals surface area contributed by atoms with Crippen LogP contribution in [0.3, 0.4) is 0 Å². The Bertz CT molecular complexity index is 617. The second-order valence-electron chi connectivity index (χ2n) is 4.82. The van der Waals surface area contributed by atoms with E-state index in [0.29, 0.717) is 24.1 Å². The minimum atomic E-state index is -0.490. The number of benzene rings is 1. The molecule has 1 N–H and O–H groups in total. The fourth-order valence-corrected chi connectivity index (χ4v) is 1.97. The van der Waals surface area contributed by atoms with Crippen molar-refractivity contribution in [1.82, 2.24) is 10.3 Å². The van der Waals surface area contributed by atoms with Gasteiger partial charge in [0.2, 0.25) is 0 Å². The van der Waals surface area contributed by atoms with Crippen LogP contribution in [0.15, 0.2) is 36.7 Å². The Labute approximate surface area is 121 Å². The average molecular weight is 293 g/mol. The van der Waals surface area contributed by atoms with Gasteiger partial charge in [-0.3, -0.25) is 4.98 Å². The molecule has 0 spiro atoms. The lowest BCUT2D eigenvalue weighted by atomic mass is 10.2. The van der Waals surface area contributed by atoms with Crippen molar-refractivity contribution >= 4 is 11.6 Å². The molecule has 1 aliphatic rings. The molecule has 0 bridgehead atoms. The molecule has 1 fully saturated rings. The maximum Gasteiger partial charge on any atom is 0.145 e. The number of nitrogens with one attached hydrogen (secondary N) is 1. The monoisotopic (exact) mass is 292 g/mol. The Hall–Kier alpha value is -1.65. The molecule has 0 unspecified atom stereocenters. The molecule has 0 aliphatic heterocycles. The van der Waals surface area contributed by atoms with Crippen molar-refractivity contribution in [2.75, 3.05) is 0 Å². The summed E-state index contributed by atoms with van der Waals surface area (Å²) in [6, 6.07) is 6.78. The number of rotatable bonds is 5. The van der Waals surface area contributed by atoms with Gasteiger partial charge >= 0.3 is 0 Å². The summed E-state index contributed by atoms with van der Waals surface area (Å²) in [7, 11) is 0. The second-order valence-corrected chi connectivity index (χ2v) is 5.22. The molecule has 0 saturated heterocycles. The number of nitrogens with zero attached hydrogens (tertiary/aromatic N) is 1. The highest BCUT2D eigenvalue weighted by Gasteiger charge is 2.20. The highest BCUT2D eigenvalue weighted by atomic mass is 35.5. The first-order valence-corrected chi connectivity index (χ1v) is 6.89. The first-order chi connectivity index (χ1) is 9.72. The lowest BCUT2D eigenvalue weighted by Gasteiger charge is -2.11. The van der Waals surface area contributed by atoms with Crippen LogP contribution in [-0.4, -0.2) is 11.0 Å². The second kappa shape index (κ2) is 5.77. The summed E-state index contributed by atoms with van der Waals surface area (Å²) in [4.78, 5) is 4.10. The molecule has 1 heterocycles. The number of halogens is 2. The van der Waals surface area contributed by atoms with Crippen molar-refractivity contribution in [2.24, 2.45) is 0 Å². The zero-order chi connectivity index (χ0) is 13.9. The fraction of sp³-hybridized carbons (Fsp3) is 0.267. The third-order valence-corrected chi connectivity index (χ3v) is 3.44. The summed E-state index contributed by atoms with van der Waals surface area (Å²) in [6.45, 7) is 0.698. The first kappa shape index (κ1) is 13.3. The summed E-state index contributed by atoms with van der Waals surface area (Å²) >= 11 is 5.66. The highest BCUT2D eigenvalue weighted by molar-refractivity contribution is 6.30. The topological polar surface area (TPSA) is 34.1 Å². The largest absolute Gasteiger partial charge is 0.457 e. The molecule has 0 amide bonds. The van der Waals surface area contributed by atoms with Crippen LogP contribution < -0.4 is 10.1 Å². The van der Waals surface area contributed by atoms with Crippen molar-refractivity contribution in [3.8, 4) is 11.5 Å². The predicted octanol–water partition coefficient (Wildman–Crippen LogP) is 3.92. The van der Waals surface area contributed by atoms with Crippen LogP contribution in [0.25, 0.3) is 0 Å². The van der Waals surface area contributed by atoms with E-state index in [2.05, 4.69) is 10.3 Å². The number of hydrogen-bond donors (Lipinski definition) is 1. The highest BCUT2D eigenvalue weighted by Crippen LogP contribution is 2.28. The Morgan fingerprint density at radius 2 is 2.20 bits per heavy atom. The Kier molecular flexibility index (Phi) is 3.85. The third-order valence-electron chi connectivity index (χ3n) is 3.14. The van der Waals surface area contributed by atoms with Crippen molar-refractivity contribution in [3.05, 3.63) is 53.1 Å². The van der Waals surface area contributed by atoms with Crippen LogP contribution in [0.1, 0.15) is 18.4 Å². The van der Waals surface area contributed by atoms with Crippen LogP contribution >= 0.6 is 11.6 Å². The van der Waals surface area contributed by atoms with Crippen molar-refractivity contribution < 1.29 is 9.13 Å². The quantitative estimate of drug-likeness (QED) is 0.907. The van der Waals surface area contributed by atoms with E-state index in [4.69, 9.17) is 16.3 Å². The number of pyridine rings is 1. The van der Waals surface area contributed by atoms with Gasteiger partial charge in [0.15, 0.2) is 0 Å². The van der Waals surface area contributed by atoms with E-state index in [0.717, 1.165) is 5.56 Å². The molecule has 0 radical (unpaired) electrons. The lowest BCUT2D eigenvalue weighted by molar-refractivity contribution is 0.466. The Morgan fingerprint density at radius 3 is 2.95 bits per heavy atom. The average Bonchev–Trinajstić information content (AvgIpc) is 3.26. The zero-order valence-electron chi connectivity index (χ0n) is 10.8. The summed E-state index contributed by atoms with van der Waals surface area (Å²) in [5.41, 5.74) is 0.953. The van der Waals surface area contributed by atoms with E-state index in [1.165, 1.54) is 25.0 Å². The molecule has 5 heteroatoms. The van der Waals surface area contributed by atoms with Gasteiger partial charge in [0.25, 0.3) is 0 Å². The molecule has 1 aliphatic carbocycles. The first-order valence-electron chi connectivity index (χ1n) is 6.51. The number of hydrogen-bond acceptors (Lipinski definition) is 3. The van der Waals surface area contributed by atoms with Crippen LogP contribution in [-0.2, 0) is 6.54 Å². The van der Waals surface area contributed by atoms with E-state index >= 15 is 0 Å². The molecule has 3 nitrogen and oxygen atoms in total. The normalized spacial score (nSPS) is 14.3. The van der Waals surface area contributed by atoms with E-state index in [1.807, 2.05) is 0 Å². The maximum absolute atomic E-state index is 13.4. The standard InChI is InChI=1S/C15H14ClFN2O/c16-13-4-3-12(7-14(13)17)20-15-5-6-18-8-10(15)9-19-11-1-2-11/h3-8,11,19H,1-2,9H2. The predicted molar refractivity (Wildman–Crippen MR) is 75.6 cm³/mol. The van der Waals surface area contributed by atoms with Gasteiger partial charge in [-0.05, 0) is 31.0 Å². The van der Waals surface area contributed by atoms with Gasteiger partial charge < -0.3 is 10.1 Å². The molecule has 1 aromatic heterocycles. The van der Waals surface area contributed by atoms with Crippen molar-refractivity contribution in [2.45, 2.75) is 25.4 Å². The smallest absolute Gasteiger partial charge is 0.145 e. The van der Waals surface area contributed by atoms with Gasteiger partial charge in [-0.25, -0.2) is 4.39 Å². The molecule has 2 aromatic rings. The minimum absolute atomic E-state index is 0.0858. The van der Waals surface area contributed by atoms with E-state index in [-0.39, 0.29) is 5.02 Å². The van der Waals surface area contributed by atoms with Crippen molar-refractivity contribution in [1.29, 1.82) is 0 Å². The molecular formula is C15H14ClFN2O. The van der Waals surface area contributed by atoms with Crippen LogP contribution in [0, 0.1) is 5.82 Å². The van der Waals surface area contributed by atoms with Crippen LogP contribution in [0.5, 0.6) is 11.5 Å². The number of aromatic nitrogens is 1. The summed E-state index contributed by atoms with van der Waals surface area (Å²) < 4.78 is 19.1. The van der Waals surface area contributed by atoms with Gasteiger partial charge in [0.05, 0.1) is 5.02 Å². The molecule has 20 heavy (non-hydrogen) atoms. The van der Waals surface area contributed by atoms with Gasteiger partial charge in [-0.1, -0.05) is 11.6 Å². The van der Waals surface area contributed by atoms with Crippen molar-refractivity contribution in [3.63, 3.8) is 0 Å². The Balaban J connectivity index is 1.76. The number of ether oxygens (including phenoxy) is 1. The maximum atomic E-state index is 13.4. The van der Waals surface area contributed by atoms with E-state index in [9.17, 15) is 4.39 Å². The van der Waals surface area contributed by atoms with Gasteiger partial charge in [0, 0.05) is 36.6 Å². The van der Waals surface area contributed by atoms with E-state index < -0.39 is 5.82 Å². The molecule has 104 valence electrons. The SMILES string of the molecule is Fc1cc(Oc2ccncc2CNC2CC2)ccc1Cl. The molecule has 3 rings (SSSR count). The minimum Gasteiger partial charge on any atom is -0.457 e. The van der Waals surface area contributed by atoms with Crippen LogP contribution in [0.4, 0.5) is 4.39 Å². The molecule has 1 aromatic carbocycles. The Morgan fingerprint density at radius 1 is 1.35 bits per heavy atom. The molecule has 1 saturated carbocycles. The third kappa shape index (κ3) is 3.26. The zero-order valence-corrected chi connectivity index (χ0v) is 11.5. The summed E-state index contributed by atoms with van der Waals surface area (Å²) in [5.74, 6) is 0.608. The molecular weight excluding hydrogens is 279 g/mol. The lowest BCUT2D eigenvalue weighted by Crippen LogP contribution is -2.15. The van der Waals surface area contributed by atoms with Crippen LogP contribution in [0.2, 0.25) is 5.02 Å². The van der Waals surface area contributed by atoms with Gasteiger partial charge in [0.1, 0.15) is 17.3 Å².